The molecule has 0 radical (unpaired) electrons. The van der Waals surface area contributed by atoms with Crippen LogP contribution in [0.1, 0.15) is 31.4 Å². The van der Waals surface area contributed by atoms with E-state index in [2.05, 4.69) is 32.0 Å². The molecule has 76 valence electrons. The Morgan fingerprint density at radius 1 is 1.36 bits per heavy atom. The number of hydrogen-bond donors (Lipinski definition) is 1. The Balaban J connectivity index is 2.39. The highest BCUT2D eigenvalue weighted by Gasteiger charge is 2.17. The Bertz CT molecular complexity index is 339. The van der Waals surface area contributed by atoms with Crippen molar-refractivity contribution in [1.29, 1.82) is 0 Å². The van der Waals surface area contributed by atoms with Crippen LogP contribution >= 0.6 is 11.8 Å². The predicted molar refractivity (Wildman–Crippen MR) is 62.7 cm³/mol. The molecular weight excluding hydrogens is 190 g/mol. The maximum atomic E-state index is 6.08. The quantitative estimate of drug-likeness (QED) is 0.766. The highest BCUT2D eigenvalue weighted by molar-refractivity contribution is 7.99. The molecular formula is C12H17NS. The van der Waals surface area contributed by atoms with Gasteiger partial charge in [-0.2, -0.15) is 0 Å². The first-order valence-electron chi connectivity index (χ1n) is 5.12. The van der Waals surface area contributed by atoms with Crippen LogP contribution in [0.2, 0.25) is 0 Å². The summed E-state index contributed by atoms with van der Waals surface area (Å²) < 4.78 is 0. The molecule has 2 heteroatoms. The van der Waals surface area contributed by atoms with Gasteiger partial charge in [0.1, 0.15) is 0 Å². The van der Waals surface area contributed by atoms with Crippen molar-refractivity contribution in [3.05, 3.63) is 29.3 Å². The maximum Gasteiger partial charge on any atom is 0.0352 e. The van der Waals surface area contributed by atoms with Crippen LogP contribution in [0, 0.1) is 0 Å². The smallest absolute Gasteiger partial charge is 0.0352 e. The fourth-order valence-electron chi connectivity index (χ4n) is 1.74. The van der Waals surface area contributed by atoms with Crippen molar-refractivity contribution in [2.45, 2.75) is 37.1 Å². The SMILES string of the molecule is CC(C)(N)c1ccc2c(c1)SCCC2. The van der Waals surface area contributed by atoms with E-state index >= 15 is 0 Å². The van der Waals surface area contributed by atoms with Gasteiger partial charge in [0.15, 0.2) is 0 Å². The van der Waals surface area contributed by atoms with E-state index in [9.17, 15) is 0 Å². The molecule has 14 heavy (non-hydrogen) atoms. The van der Waals surface area contributed by atoms with E-state index < -0.39 is 0 Å². The molecule has 1 aromatic rings. The van der Waals surface area contributed by atoms with Gasteiger partial charge in [0.2, 0.25) is 0 Å². The molecule has 1 aliphatic heterocycles. The fourth-order valence-corrected chi connectivity index (χ4v) is 2.82. The molecule has 0 amide bonds. The van der Waals surface area contributed by atoms with Crippen LogP contribution < -0.4 is 5.73 Å². The van der Waals surface area contributed by atoms with Gasteiger partial charge in [-0.3, -0.25) is 0 Å². The van der Waals surface area contributed by atoms with Crippen molar-refractivity contribution in [3.8, 4) is 0 Å². The zero-order valence-electron chi connectivity index (χ0n) is 8.84. The number of aryl methyl sites for hydroxylation is 1. The molecule has 0 atom stereocenters. The summed E-state index contributed by atoms with van der Waals surface area (Å²) in [6, 6.07) is 6.68. The zero-order valence-corrected chi connectivity index (χ0v) is 9.66. The summed E-state index contributed by atoms with van der Waals surface area (Å²) in [6.45, 7) is 4.12. The third-order valence-corrected chi connectivity index (χ3v) is 3.84. The molecule has 2 rings (SSSR count). The predicted octanol–water partition coefficient (Wildman–Crippen LogP) is 2.92. The van der Waals surface area contributed by atoms with Crippen molar-refractivity contribution in [1.82, 2.24) is 0 Å². The van der Waals surface area contributed by atoms with Gasteiger partial charge in [0, 0.05) is 10.4 Å². The topological polar surface area (TPSA) is 26.0 Å². The molecule has 1 aliphatic rings. The van der Waals surface area contributed by atoms with Gasteiger partial charge in [-0.15, -0.1) is 11.8 Å². The lowest BCUT2D eigenvalue weighted by atomic mass is 9.94. The number of thioether (sulfide) groups is 1. The number of nitrogens with two attached hydrogens (primary N) is 1. The Labute approximate surface area is 90.1 Å². The highest BCUT2D eigenvalue weighted by Crippen LogP contribution is 2.32. The van der Waals surface area contributed by atoms with E-state index in [-0.39, 0.29) is 5.54 Å². The standard InChI is InChI=1S/C12H17NS/c1-12(2,13)10-6-5-9-4-3-7-14-11(9)8-10/h5-6,8H,3-4,7,13H2,1-2H3. The molecule has 0 spiro atoms. The minimum Gasteiger partial charge on any atom is -0.322 e. The molecule has 0 aromatic heterocycles. The van der Waals surface area contributed by atoms with Crippen molar-refractivity contribution in [2.75, 3.05) is 5.75 Å². The first-order valence-corrected chi connectivity index (χ1v) is 6.11. The van der Waals surface area contributed by atoms with Crippen molar-refractivity contribution >= 4 is 11.8 Å². The monoisotopic (exact) mass is 207 g/mol. The van der Waals surface area contributed by atoms with Crippen molar-refractivity contribution in [3.63, 3.8) is 0 Å². The molecule has 0 aliphatic carbocycles. The van der Waals surface area contributed by atoms with Gasteiger partial charge in [-0.05, 0) is 49.6 Å². The Morgan fingerprint density at radius 2 is 2.14 bits per heavy atom. The van der Waals surface area contributed by atoms with E-state index in [4.69, 9.17) is 5.73 Å². The second-order valence-corrected chi connectivity index (χ2v) is 5.63. The van der Waals surface area contributed by atoms with Crippen LogP contribution in [0.25, 0.3) is 0 Å². The van der Waals surface area contributed by atoms with Gasteiger partial charge in [0.05, 0.1) is 0 Å². The first-order chi connectivity index (χ1) is 6.57. The average molecular weight is 207 g/mol. The number of benzene rings is 1. The Morgan fingerprint density at radius 3 is 2.86 bits per heavy atom. The lowest BCUT2D eigenvalue weighted by Crippen LogP contribution is -2.28. The Hall–Kier alpha value is -0.470. The van der Waals surface area contributed by atoms with Gasteiger partial charge in [0.25, 0.3) is 0 Å². The molecule has 0 saturated heterocycles. The number of hydrogen-bond acceptors (Lipinski definition) is 2. The van der Waals surface area contributed by atoms with E-state index in [0.717, 1.165) is 0 Å². The summed E-state index contributed by atoms with van der Waals surface area (Å²) >= 11 is 1.96. The van der Waals surface area contributed by atoms with Crippen LogP contribution in [-0.2, 0) is 12.0 Å². The van der Waals surface area contributed by atoms with Gasteiger partial charge >= 0.3 is 0 Å². The van der Waals surface area contributed by atoms with Crippen LogP contribution in [0.3, 0.4) is 0 Å². The van der Waals surface area contributed by atoms with Crippen molar-refractivity contribution in [2.24, 2.45) is 5.73 Å². The summed E-state index contributed by atoms with van der Waals surface area (Å²) in [5, 5.41) is 0. The lowest BCUT2D eigenvalue weighted by Gasteiger charge is -2.23. The van der Waals surface area contributed by atoms with Gasteiger partial charge in [-0.25, -0.2) is 0 Å². The first kappa shape index (κ1) is 10.1. The van der Waals surface area contributed by atoms with Crippen LogP contribution in [-0.4, -0.2) is 5.75 Å². The minimum atomic E-state index is -0.215. The maximum absolute atomic E-state index is 6.08. The molecule has 1 heterocycles. The largest absolute Gasteiger partial charge is 0.322 e. The summed E-state index contributed by atoms with van der Waals surface area (Å²) in [7, 11) is 0. The number of rotatable bonds is 1. The fraction of sp³-hybridized carbons (Fsp3) is 0.500. The van der Waals surface area contributed by atoms with E-state index in [1.165, 1.54) is 34.6 Å². The van der Waals surface area contributed by atoms with Crippen LogP contribution in [0.5, 0.6) is 0 Å². The summed E-state index contributed by atoms with van der Waals surface area (Å²) in [5.74, 6) is 1.25. The summed E-state index contributed by atoms with van der Waals surface area (Å²) in [4.78, 5) is 1.44. The molecule has 1 nitrogen and oxygen atoms in total. The highest BCUT2D eigenvalue weighted by atomic mass is 32.2. The summed E-state index contributed by atoms with van der Waals surface area (Å²) in [6.07, 6.45) is 2.54. The van der Waals surface area contributed by atoms with E-state index in [1.807, 2.05) is 11.8 Å². The molecule has 1 aromatic carbocycles. The zero-order chi connectivity index (χ0) is 10.2. The van der Waals surface area contributed by atoms with Crippen LogP contribution in [0.15, 0.2) is 23.1 Å². The van der Waals surface area contributed by atoms with E-state index in [0.29, 0.717) is 0 Å². The number of fused-ring (bicyclic) bond motifs is 1. The van der Waals surface area contributed by atoms with Crippen LogP contribution in [0.4, 0.5) is 0 Å². The molecule has 0 saturated carbocycles. The second kappa shape index (κ2) is 3.59. The Kier molecular flexibility index (Phi) is 2.58. The second-order valence-electron chi connectivity index (χ2n) is 4.50. The van der Waals surface area contributed by atoms with Gasteiger partial charge < -0.3 is 5.73 Å². The minimum absolute atomic E-state index is 0.215. The van der Waals surface area contributed by atoms with Gasteiger partial charge in [-0.1, -0.05) is 12.1 Å². The molecule has 0 fully saturated rings. The summed E-state index contributed by atoms with van der Waals surface area (Å²) in [5.41, 5.74) is 8.60. The molecule has 0 bridgehead atoms. The lowest BCUT2D eigenvalue weighted by molar-refractivity contribution is 0.552. The average Bonchev–Trinajstić information content (AvgIpc) is 2.16. The third kappa shape index (κ3) is 1.96. The normalized spacial score (nSPS) is 16.5. The van der Waals surface area contributed by atoms with Crippen molar-refractivity contribution < 1.29 is 0 Å². The molecule has 2 N–H and O–H groups in total. The van der Waals surface area contributed by atoms with E-state index in [1.54, 1.807) is 0 Å². The molecule has 0 unspecified atom stereocenters. The third-order valence-electron chi connectivity index (χ3n) is 2.66.